The highest BCUT2D eigenvalue weighted by molar-refractivity contribution is 6.31. The van der Waals surface area contributed by atoms with Gasteiger partial charge < -0.3 is 14.8 Å². The molecule has 0 aromatic heterocycles. The SMILES string of the molecule is COc1ccc(Cl)cc1NC(=O)COC(=O)[C@H](C(C)C)N1C(=O)c2ccccc2C1=O. The average molecular weight is 445 g/mol. The van der Waals surface area contributed by atoms with E-state index in [1.165, 1.54) is 25.3 Å². The molecule has 9 heteroatoms. The quantitative estimate of drug-likeness (QED) is 0.520. The van der Waals surface area contributed by atoms with E-state index >= 15 is 0 Å². The second kappa shape index (κ2) is 9.18. The number of hydrogen-bond donors (Lipinski definition) is 1. The highest BCUT2D eigenvalue weighted by atomic mass is 35.5. The fraction of sp³-hybridized carbons (Fsp3) is 0.273. The summed E-state index contributed by atoms with van der Waals surface area (Å²) >= 11 is 5.94. The summed E-state index contributed by atoms with van der Waals surface area (Å²) in [6.45, 7) is 2.76. The van der Waals surface area contributed by atoms with Crippen LogP contribution in [0.1, 0.15) is 34.6 Å². The molecule has 3 rings (SSSR count). The van der Waals surface area contributed by atoms with Crippen LogP contribution in [0.3, 0.4) is 0 Å². The molecule has 1 N–H and O–H groups in total. The highest BCUT2D eigenvalue weighted by Gasteiger charge is 2.44. The van der Waals surface area contributed by atoms with E-state index in [1.54, 1.807) is 38.1 Å². The van der Waals surface area contributed by atoms with E-state index < -0.39 is 42.3 Å². The Labute approximate surface area is 184 Å². The molecule has 0 fully saturated rings. The van der Waals surface area contributed by atoms with Crippen LogP contribution in [0.5, 0.6) is 5.75 Å². The smallest absolute Gasteiger partial charge is 0.330 e. The monoisotopic (exact) mass is 444 g/mol. The molecule has 0 radical (unpaired) electrons. The van der Waals surface area contributed by atoms with Gasteiger partial charge in [0.05, 0.1) is 23.9 Å². The Bertz CT molecular complexity index is 1020. The Balaban J connectivity index is 1.70. The molecule has 1 atom stereocenters. The van der Waals surface area contributed by atoms with Gasteiger partial charge in [0.25, 0.3) is 17.7 Å². The molecule has 1 heterocycles. The number of imide groups is 1. The molecule has 31 heavy (non-hydrogen) atoms. The zero-order chi connectivity index (χ0) is 22.7. The van der Waals surface area contributed by atoms with Crippen molar-refractivity contribution in [1.82, 2.24) is 4.90 Å². The number of nitrogens with zero attached hydrogens (tertiary/aromatic N) is 1. The van der Waals surface area contributed by atoms with E-state index in [2.05, 4.69) is 5.32 Å². The molecule has 2 aromatic rings. The Kier molecular flexibility index (Phi) is 6.60. The lowest BCUT2D eigenvalue weighted by Crippen LogP contribution is -2.49. The van der Waals surface area contributed by atoms with Crippen LogP contribution >= 0.6 is 11.6 Å². The van der Waals surface area contributed by atoms with Crippen LogP contribution in [0.15, 0.2) is 42.5 Å². The lowest BCUT2D eigenvalue weighted by Gasteiger charge is -2.27. The minimum Gasteiger partial charge on any atom is -0.495 e. The van der Waals surface area contributed by atoms with Crippen LogP contribution in [0.25, 0.3) is 0 Å². The van der Waals surface area contributed by atoms with Crippen molar-refractivity contribution < 1.29 is 28.7 Å². The molecule has 0 saturated heterocycles. The standard InChI is InChI=1S/C22H21ClN2O6/c1-12(2)19(25-20(27)14-6-4-5-7-15(14)21(25)28)22(29)31-11-18(26)24-16-10-13(23)8-9-17(16)30-3/h4-10,12,19H,11H2,1-3H3,(H,24,26)/t19-/m0/s1. The number of carbonyl (C=O) groups excluding carboxylic acids is 4. The first kappa shape index (κ1) is 22.3. The lowest BCUT2D eigenvalue weighted by atomic mass is 10.0. The van der Waals surface area contributed by atoms with Gasteiger partial charge in [-0.1, -0.05) is 37.6 Å². The molecule has 1 aliphatic heterocycles. The number of rotatable bonds is 7. The number of hydrogen-bond acceptors (Lipinski definition) is 6. The normalized spacial score (nSPS) is 13.8. The second-order valence-electron chi connectivity index (χ2n) is 7.22. The van der Waals surface area contributed by atoms with Gasteiger partial charge in [0.2, 0.25) is 0 Å². The van der Waals surface area contributed by atoms with Crippen molar-refractivity contribution in [3.8, 4) is 5.75 Å². The van der Waals surface area contributed by atoms with Crippen molar-refractivity contribution >= 4 is 41.0 Å². The third kappa shape index (κ3) is 4.54. The Hall–Kier alpha value is -3.39. The number of halogens is 1. The summed E-state index contributed by atoms with van der Waals surface area (Å²) in [5, 5.41) is 2.94. The van der Waals surface area contributed by atoms with Crippen molar-refractivity contribution in [3.63, 3.8) is 0 Å². The van der Waals surface area contributed by atoms with E-state index in [1.807, 2.05) is 0 Å². The minimum atomic E-state index is -1.17. The number of ether oxygens (including phenoxy) is 2. The maximum Gasteiger partial charge on any atom is 0.330 e. The second-order valence-corrected chi connectivity index (χ2v) is 7.65. The van der Waals surface area contributed by atoms with Crippen molar-refractivity contribution in [3.05, 3.63) is 58.6 Å². The van der Waals surface area contributed by atoms with Gasteiger partial charge in [0, 0.05) is 5.02 Å². The third-order valence-corrected chi connectivity index (χ3v) is 4.99. The molecular weight excluding hydrogens is 424 g/mol. The van der Waals surface area contributed by atoms with Crippen molar-refractivity contribution in [2.24, 2.45) is 5.92 Å². The Morgan fingerprint density at radius 1 is 1.06 bits per heavy atom. The van der Waals surface area contributed by atoms with Crippen molar-refractivity contribution in [2.45, 2.75) is 19.9 Å². The summed E-state index contributed by atoms with van der Waals surface area (Å²) in [5.74, 6) is -2.65. The molecule has 1 aliphatic rings. The van der Waals surface area contributed by atoms with Crippen LogP contribution in [0.4, 0.5) is 5.69 Å². The van der Waals surface area contributed by atoms with E-state index in [0.717, 1.165) is 4.90 Å². The van der Waals surface area contributed by atoms with Gasteiger partial charge in [-0.2, -0.15) is 0 Å². The molecule has 162 valence electrons. The van der Waals surface area contributed by atoms with E-state index in [9.17, 15) is 19.2 Å². The molecule has 3 amide bonds. The number of benzene rings is 2. The summed E-state index contributed by atoms with van der Waals surface area (Å²) in [6, 6.07) is 9.87. The number of anilines is 1. The molecule has 2 aromatic carbocycles. The molecule has 0 bridgehead atoms. The summed E-state index contributed by atoms with van der Waals surface area (Å²) in [7, 11) is 1.44. The van der Waals surface area contributed by atoms with Crippen LogP contribution in [0.2, 0.25) is 5.02 Å². The summed E-state index contributed by atoms with van der Waals surface area (Å²) in [6.07, 6.45) is 0. The maximum atomic E-state index is 12.8. The molecule has 8 nitrogen and oxygen atoms in total. The van der Waals surface area contributed by atoms with Gasteiger partial charge in [-0.05, 0) is 36.2 Å². The fourth-order valence-electron chi connectivity index (χ4n) is 3.32. The van der Waals surface area contributed by atoms with Crippen LogP contribution in [0, 0.1) is 5.92 Å². The molecule has 0 unspecified atom stereocenters. The van der Waals surface area contributed by atoms with Crippen LogP contribution < -0.4 is 10.1 Å². The summed E-state index contributed by atoms with van der Waals surface area (Å²) in [5.41, 5.74) is 0.783. The van der Waals surface area contributed by atoms with Gasteiger partial charge >= 0.3 is 5.97 Å². The predicted octanol–water partition coefficient (Wildman–Crippen LogP) is 3.15. The molecule has 0 saturated carbocycles. The van der Waals surface area contributed by atoms with E-state index in [4.69, 9.17) is 21.1 Å². The first-order valence-corrected chi connectivity index (χ1v) is 9.89. The topological polar surface area (TPSA) is 102 Å². The lowest BCUT2D eigenvalue weighted by molar-refractivity contribution is -0.152. The van der Waals surface area contributed by atoms with E-state index in [0.29, 0.717) is 16.5 Å². The maximum absolute atomic E-state index is 12.8. The largest absolute Gasteiger partial charge is 0.495 e. The highest BCUT2D eigenvalue weighted by Crippen LogP contribution is 2.29. The summed E-state index contributed by atoms with van der Waals surface area (Å²) in [4.78, 5) is 51.4. The summed E-state index contributed by atoms with van der Waals surface area (Å²) < 4.78 is 10.3. The molecular formula is C22H21ClN2O6. The number of fused-ring (bicyclic) bond motifs is 1. The number of carbonyl (C=O) groups is 4. The van der Waals surface area contributed by atoms with E-state index in [-0.39, 0.29) is 11.1 Å². The van der Waals surface area contributed by atoms with Gasteiger partial charge in [0.15, 0.2) is 6.61 Å². The zero-order valence-electron chi connectivity index (χ0n) is 17.2. The number of methoxy groups -OCH3 is 1. The Morgan fingerprint density at radius 3 is 2.23 bits per heavy atom. The first-order valence-electron chi connectivity index (χ1n) is 9.51. The predicted molar refractivity (Wildman–Crippen MR) is 113 cm³/mol. The van der Waals surface area contributed by atoms with Crippen LogP contribution in [-0.2, 0) is 14.3 Å². The van der Waals surface area contributed by atoms with Gasteiger partial charge in [-0.3, -0.25) is 19.3 Å². The fourth-order valence-corrected chi connectivity index (χ4v) is 3.49. The van der Waals surface area contributed by atoms with Gasteiger partial charge in [-0.15, -0.1) is 0 Å². The third-order valence-electron chi connectivity index (χ3n) is 4.76. The average Bonchev–Trinajstić information content (AvgIpc) is 2.98. The minimum absolute atomic E-state index is 0.233. The zero-order valence-corrected chi connectivity index (χ0v) is 17.9. The Morgan fingerprint density at radius 2 is 1.68 bits per heavy atom. The van der Waals surface area contributed by atoms with Gasteiger partial charge in [-0.25, -0.2) is 4.79 Å². The number of esters is 1. The first-order chi connectivity index (χ1) is 14.7. The van der Waals surface area contributed by atoms with Crippen molar-refractivity contribution in [1.29, 1.82) is 0 Å². The number of amides is 3. The number of nitrogens with one attached hydrogen (secondary N) is 1. The van der Waals surface area contributed by atoms with Crippen LogP contribution in [-0.4, -0.2) is 48.3 Å². The molecule has 0 spiro atoms. The van der Waals surface area contributed by atoms with Gasteiger partial charge in [0.1, 0.15) is 11.8 Å². The molecule has 0 aliphatic carbocycles. The van der Waals surface area contributed by atoms with Crippen molar-refractivity contribution in [2.75, 3.05) is 19.0 Å².